The summed E-state index contributed by atoms with van der Waals surface area (Å²) in [7, 11) is 0. The fourth-order valence-corrected chi connectivity index (χ4v) is 6.35. The van der Waals surface area contributed by atoms with Crippen LogP contribution in [0.4, 0.5) is 0 Å². The number of aliphatic imine (C=N–C) groups is 2. The van der Waals surface area contributed by atoms with Crippen molar-refractivity contribution in [1.29, 1.82) is 0 Å². The summed E-state index contributed by atoms with van der Waals surface area (Å²) < 4.78 is 0. The van der Waals surface area contributed by atoms with E-state index < -0.39 is 0 Å². The number of aromatic hydroxyl groups is 2. The molecule has 5 heteroatoms. The summed E-state index contributed by atoms with van der Waals surface area (Å²) in [5, 5.41) is 23.1. The molecular formula is C41H65CoN2O2-. The van der Waals surface area contributed by atoms with Crippen LogP contribution in [-0.2, 0) is 38.4 Å². The maximum Gasteiger partial charge on any atom is 0.128 e. The quantitative estimate of drug-likeness (QED) is 0.194. The van der Waals surface area contributed by atoms with Crippen LogP contribution < -0.4 is 0 Å². The molecular weight excluding hydrogens is 611 g/mol. The topological polar surface area (TPSA) is 65.2 Å². The van der Waals surface area contributed by atoms with Gasteiger partial charge in [0, 0.05) is 51.5 Å². The van der Waals surface area contributed by atoms with Gasteiger partial charge in [0.15, 0.2) is 0 Å². The minimum atomic E-state index is -0.0975. The first-order chi connectivity index (χ1) is 20.4. The Bertz CT molecular complexity index is 1230. The molecule has 0 spiro atoms. The van der Waals surface area contributed by atoms with E-state index in [1.54, 1.807) is 0 Å². The molecule has 1 fully saturated rings. The molecule has 1 saturated carbocycles. The fourth-order valence-electron chi connectivity index (χ4n) is 6.35. The minimum Gasteiger partial charge on any atom is -0.507 e. The molecule has 2 atom stereocenters. The fraction of sp³-hybridized carbons (Fsp3) is 0.634. The molecule has 3 rings (SSSR count). The van der Waals surface area contributed by atoms with E-state index in [0.29, 0.717) is 11.5 Å². The summed E-state index contributed by atoms with van der Waals surface area (Å²) in [4.78, 5) is 10.2. The summed E-state index contributed by atoms with van der Waals surface area (Å²) in [6, 6.07) is 8.72. The van der Waals surface area contributed by atoms with Crippen molar-refractivity contribution in [3.63, 3.8) is 0 Å². The zero-order valence-corrected chi connectivity index (χ0v) is 32.4. The zero-order valence-electron chi connectivity index (χ0n) is 31.4. The van der Waals surface area contributed by atoms with E-state index in [1.807, 2.05) is 12.4 Å². The molecule has 1 aliphatic carbocycles. The molecule has 1 radical (unpaired) electrons. The maximum atomic E-state index is 11.5. The maximum absolute atomic E-state index is 11.5. The average Bonchev–Trinajstić information content (AvgIpc) is 2.98. The molecule has 0 saturated heterocycles. The number of phenolic OH excluding ortho intramolecular Hbond substituents is 2. The molecule has 0 amide bonds. The van der Waals surface area contributed by atoms with Crippen molar-refractivity contribution in [1.82, 2.24) is 0 Å². The molecule has 2 aromatic rings. The van der Waals surface area contributed by atoms with Crippen molar-refractivity contribution < 1.29 is 27.0 Å². The van der Waals surface area contributed by atoms with Crippen LogP contribution >= 0.6 is 0 Å². The summed E-state index contributed by atoms with van der Waals surface area (Å²) >= 11 is 0. The van der Waals surface area contributed by atoms with Gasteiger partial charge in [0.05, 0.1) is 12.1 Å². The van der Waals surface area contributed by atoms with E-state index in [0.717, 1.165) is 73.6 Å². The van der Waals surface area contributed by atoms with E-state index in [1.165, 1.54) is 11.1 Å². The Kier molecular flexibility index (Phi) is 14.9. The van der Waals surface area contributed by atoms with Crippen molar-refractivity contribution in [2.75, 3.05) is 0 Å². The van der Waals surface area contributed by atoms with Gasteiger partial charge >= 0.3 is 0 Å². The Morgan fingerprint density at radius 3 is 1.17 bits per heavy atom. The third-order valence-corrected chi connectivity index (χ3v) is 10.9. The minimum absolute atomic E-state index is 0. The van der Waals surface area contributed by atoms with Crippen LogP contribution in [0.1, 0.15) is 168 Å². The standard InChI is InChI=1S/C40H62N2O2.CH3.Co/c1-13-39(11,14-2)31-23-29(37(5,6)7)21-27(35(31)43)25-41-33-19-17-18-20-34(33)42-26-28-22-30(38(8,9)10)24-32(36(28)44)40(12,15-3)16-4;;/h21-26,33-34,43-44H,13-20H2,1-12H3;1H3;/q;-1;. The van der Waals surface area contributed by atoms with Gasteiger partial charge in [-0.05, 0) is 83.4 Å². The number of nitrogens with zero attached hydrogens (tertiary/aromatic N) is 2. The summed E-state index contributed by atoms with van der Waals surface area (Å²) in [5.41, 5.74) is 5.79. The van der Waals surface area contributed by atoms with Gasteiger partial charge in [0.1, 0.15) is 11.5 Å². The van der Waals surface area contributed by atoms with Crippen LogP contribution in [0.5, 0.6) is 11.5 Å². The van der Waals surface area contributed by atoms with Crippen molar-refractivity contribution >= 4 is 12.4 Å². The van der Waals surface area contributed by atoms with Gasteiger partial charge in [-0.2, -0.15) is 0 Å². The van der Waals surface area contributed by atoms with Crippen molar-refractivity contribution in [2.45, 2.75) is 168 Å². The predicted octanol–water partition coefficient (Wildman–Crippen LogP) is 11.1. The molecule has 0 heterocycles. The molecule has 0 aromatic heterocycles. The largest absolute Gasteiger partial charge is 0.507 e. The van der Waals surface area contributed by atoms with E-state index in [2.05, 4.69) is 107 Å². The van der Waals surface area contributed by atoms with Gasteiger partial charge in [-0.3, -0.25) is 9.98 Å². The number of benzene rings is 2. The first-order valence-corrected chi connectivity index (χ1v) is 17.3. The van der Waals surface area contributed by atoms with Crippen LogP contribution in [-0.4, -0.2) is 34.7 Å². The van der Waals surface area contributed by atoms with Gasteiger partial charge < -0.3 is 17.6 Å². The molecule has 46 heavy (non-hydrogen) atoms. The summed E-state index contributed by atoms with van der Waals surface area (Å²) in [6.45, 7) is 26.7. The molecule has 2 N–H and O–H groups in total. The zero-order chi connectivity index (χ0) is 33.1. The number of phenols is 2. The van der Waals surface area contributed by atoms with E-state index >= 15 is 0 Å². The van der Waals surface area contributed by atoms with Gasteiger partial charge in [-0.15, -0.1) is 0 Å². The van der Waals surface area contributed by atoms with Crippen molar-refractivity contribution in [2.24, 2.45) is 9.98 Å². The molecule has 261 valence electrons. The monoisotopic (exact) mass is 676 g/mol. The predicted molar refractivity (Wildman–Crippen MR) is 197 cm³/mol. The normalized spacial score (nSPS) is 18.1. The molecule has 2 unspecified atom stereocenters. The number of hydrogen-bond donors (Lipinski definition) is 2. The van der Waals surface area contributed by atoms with E-state index in [4.69, 9.17) is 9.98 Å². The van der Waals surface area contributed by atoms with Gasteiger partial charge in [-0.1, -0.05) is 108 Å². The average molecular weight is 677 g/mol. The van der Waals surface area contributed by atoms with Crippen LogP contribution in [0.2, 0.25) is 0 Å². The Morgan fingerprint density at radius 1 is 0.609 bits per heavy atom. The van der Waals surface area contributed by atoms with Gasteiger partial charge in [-0.25, -0.2) is 0 Å². The molecule has 0 aliphatic heterocycles. The third-order valence-electron chi connectivity index (χ3n) is 10.9. The van der Waals surface area contributed by atoms with E-state index in [-0.39, 0.29) is 57.9 Å². The van der Waals surface area contributed by atoms with Crippen molar-refractivity contribution in [3.05, 3.63) is 65.1 Å². The van der Waals surface area contributed by atoms with Crippen molar-refractivity contribution in [3.8, 4) is 11.5 Å². The van der Waals surface area contributed by atoms with Gasteiger partial charge in [0.2, 0.25) is 0 Å². The summed E-state index contributed by atoms with van der Waals surface area (Å²) in [5.74, 6) is 0.713. The molecule has 0 bridgehead atoms. The first kappa shape index (κ1) is 41.9. The van der Waals surface area contributed by atoms with Crippen LogP contribution in [0.3, 0.4) is 0 Å². The Morgan fingerprint density at radius 2 is 0.913 bits per heavy atom. The Hall–Kier alpha value is -2.11. The Labute approximate surface area is 293 Å². The molecule has 2 aromatic carbocycles. The third kappa shape index (κ3) is 9.28. The van der Waals surface area contributed by atoms with E-state index in [9.17, 15) is 10.2 Å². The SMILES string of the molecule is CCC(C)(CC)c1cc(C(C)(C)C)cc(C=NC2CCCCC2N=Cc2cc(C(C)(C)C)cc(C(C)(CC)CC)c2O)c1O.[CH3-].[Co]. The second-order valence-electron chi connectivity index (χ2n) is 15.9. The number of hydrogen-bond acceptors (Lipinski definition) is 4. The van der Waals surface area contributed by atoms with Crippen LogP contribution in [0.25, 0.3) is 0 Å². The summed E-state index contributed by atoms with van der Waals surface area (Å²) in [6.07, 6.45) is 11.8. The molecule has 4 nitrogen and oxygen atoms in total. The van der Waals surface area contributed by atoms with Gasteiger partial charge in [0.25, 0.3) is 0 Å². The second-order valence-corrected chi connectivity index (χ2v) is 15.9. The number of rotatable bonds is 10. The smallest absolute Gasteiger partial charge is 0.128 e. The first-order valence-electron chi connectivity index (χ1n) is 17.3. The molecule has 1 aliphatic rings. The Balaban J connectivity index is 0.00000529. The van der Waals surface area contributed by atoms with Crippen LogP contribution in [0.15, 0.2) is 34.3 Å². The second kappa shape index (κ2) is 16.3. The van der Waals surface area contributed by atoms with Crippen LogP contribution in [0, 0.1) is 7.43 Å².